The highest BCUT2D eigenvalue weighted by Gasteiger charge is 2.44. The predicted molar refractivity (Wildman–Crippen MR) is 112 cm³/mol. The van der Waals surface area contributed by atoms with Crippen molar-refractivity contribution in [3.8, 4) is 5.75 Å². The van der Waals surface area contributed by atoms with Crippen molar-refractivity contribution in [1.29, 1.82) is 0 Å². The molecule has 1 amide bonds. The van der Waals surface area contributed by atoms with E-state index >= 15 is 0 Å². The van der Waals surface area contributed by atoms with Crippen LogP contribution in [0.5, 0.6) is 5.75 Å². The van der Waals surface area contributed by atoms with Gasteiger partial charge in [-0.05, 0) is 43.7 Å². The van der Waals surface area contributed by atoms with E-state index < -0.39 is 15.9 Å². The van der Waals surface area contributed by atoms with Crippen LogP contribution in [0, 0.1) is 5.92 Å². The number of benzene rings is 2. The van der Waals surface area contributed by atoms with Crippen LogP contribution in [0.1, 0.15) is 25.3 Å². The lowest BCUT2D eigenvalue weighted by Gasteiger charge is -2.27. The monoisotopic (exact) mass is 416 g/mol. The molecule has 1 heterocycles. The van der Waals surface area contributed by atoms with Gasteiger partial charge in [-0.2, -0.15) is 4.31 Å². The maximum atomic E-state index is 13.2. The molecular weight excluding hydrogens is 388 g/mol. The van der Waals surface area contributed by atoms with Crippen molar-refractivity contribution in [2.45, 2.75) is 30.7 Å². The van der Waals surface area contributed by atoms with Gasteiger partial charge in [-0.25, -0.2) is 8.42 Å². The molecule has 0 radical (unpaired) electrons. The van der Waals surface area contributed by atoms with Gasteiger partial charge in [0.25, 0.3) is 0 Å². The number of rotatable bonds is 6. The molecule has 6 nitrogen and oxygen atoms in total. The summed E-state index contributed by atoms with van der Waals surface area (Å²) in [7, 11) is -0.316. The van der Waals surface area contributed by atoms with E-state index in [1.54, 1.807) is 49.4 Å². The van der Waals surface area contributed by atoms with Gasteiger partial charge in [0.2, 0.25) is 15.9 Å². The maximum absolute atomic E-state index is 13.2. The molecule has 7 heteroatoms. The molecule has 0 unspecified atom stereocenters. The van der Waals surface area contributed by atoms with Gasteiger partial charge in [-0.1, -0.05) is 30.3 Å². The average molecular weight is 417 g/mol. The van der Waals surface area contributed by atoms with Gasteiger partial charge in [-0.15, -0.1) is 0 Å². The summed E-state index contributed by atoms with van der Waals surface area (Å²) in [5.41, 5.74) is 0.908. The highest BCUT2D eigenvalue weighted by Crippen LogP contribution is 2.38. The molecule has 0 aliphatic carbocycles. The number of methoxy groups -OCH3 is 1. The van der Waals surface area contributed by atoms with Crippen LogP contribution in [0.2, 0.25) is 0 Å². The van der Waals surface area contributed by atoms with Crippen LogP contribution in [0.4, 0.5) is 0 Å². The molecule has 1 saturated heterocycles. The van der Waals surface area contributed by atoms with Crippen LogP contribution in [-0.4, -0.2) is 56.8 Å². The summed E-state index contributed by atoms with van der Waals surface area (Å²) in [6, 6.07) is 15.9. The second-order valence-electron chi connectivity index (χ2n) is 7.67. The molecule has 29 heavy (non-hydrogen) atoms. The van der Waals surface area contributed by atoms with Gasteiger partial charge in [-0.3, -0.25) is 4.79 Å². The number of sulfonamides is 1. The summed E-state index contributed by atoms with van der Waals surface area (Å²) in [4.78, 5) is 15.1. The van der Waals surface area contributed by atoms with Crippen molar-refractivity contribution < 1.29 is 17.9 Å². The van der Waals surface area contributed by atoms with E-state index in [1.165, 1.54) is 4.31 Å². The van der Waals surface area contributed by atoms with Crippen molar-refractivity contribution in [2.75, 3.05) is 27.2 Å². The minimum Gasteiger partial charge on any atom is -0.497 e. The molecule has 156 valence electrons. The summed E-state index contributed by atoms with van der Waals surface area (Å²) >= 11 is 0. The van der Waals surface area contributed by atoms with E-state index in [0.717, 1.165) is 5.56 Å². The largest absolute Gasteiger partial charge is 0.497 e. The lowest BCUT2D eigenvalue weighted by Crippen LogP contribution is -2.40. The molecule has 0 bridgehead atoms. The Labute approximate surface area is 173 Å². The summed E-state index contributed by atoms with van der Waals surface area (Å²) < 4.78 is 33.1. The van der Waals surface area contributed by atoms with E-state index in [2.05, 4.69) is 0 Å². The zero-order valence-corrected chi connectivity index (χ0v) is 18.1. The molecule has 1 aliphatic rings. The van der Waals surface area contributed by atoms with Crippen molar-refractivity contribution in [3.63, 3.8) is 0 Å². The van der Waals surface area contributed by atoms with Gasteiger partial charge in [0.05, 0.1) is 17.9 Å². The van der Waals surface area contributed by atoms with Gasteiger partial charge in [0, 0.05) is 32.1 Å². The Bertz CT molecular complexity index is 960. The van der Waals surface area contributed by atoms with Crippen molar-refractivity contribution in [2.24, 2.45) is 5.92 Å². The molecule has 0 N–H and O–H groups in total. The quantitative estimate of drug-likeness (QED) is 0.726. The standard InChI is InChI=1S/C22H28N2O4S/c1-16(2)23(3)22(25)21-15-24(29(26,27)19-11-6-5-7-12-19)14-20(21)17-9-8-10-18(13-17)28-4/h5-13,16,20-21H,14-15H2,1-4H3/t20-,21-/m1/s1. The molecular formula is C22H28N2O4S. The van der Waals surface area contributed by atoms with E-state index in [9.17, 15) is 13.2 Å². The lowest BCUT2D eigenvalue weighted by atomic mass is 9.87. The number of amides is 1. The molecule has 0 aromatic heterocycles. The molecule has 0 saturated carbocycles. The summed E-state index contributed by atoms with van der Waals surface area (Å²) in [6.45, 7) is 4.32. The van der Waals surface area contributed by atoms with E-state index in [1.807, 2.05) is 38.1 Å². The van der Waals surface area contributed by atoms with Gasteiger partial charge in [0.15, 0.2) is 0 Å². The fourth-order valence-corrected chi connectivity index (χ4v) is 5.19. The van der Waals surface area contributed by atoms with Crippen LogP contribution in [0.3, 0.4) is 0 Å². The van der Waals surface area contributed by atoms with E-state index in [0.29, 0.717) is 5.75 Å². The molecule has 3 rings (SSSR count). The third-order valence-electron chi connectivity index (χ3n) is 5.63. The van der Waals surface area contributed by atoms with Crippen LogP contribution < -0.4 is 4.74 Å². The Morgan fingerprint density at radius 3 is 2.41 bits per heavy atom. The second-order valence-corrected chi connectivity index (χ2v) is 9.61. The molecule has 1 fully saturated rings. The first-order valence-electron chi connectivity index (χ1n) is 9.71. The van der Waals surface area contributed by atoms with Crippen LogP contribution in [-0.2, 0) is 14.8 Å². The van der Waals surface area contributed by atoms with Crippen molar-refractivity contribution >= 4 is 15.9 Å². The smallest absolute Gasteiger partial charge is 0.243 e. The maximum Gasteiger partial charge on any atom is 0.243 e. The first kappa shape index (κ1) is 21.3. The predicted octanol–water partition coefficient (Wildman–Crippen LogP) is 2.97. The summed E-state index contributed by atoms with van der Waals surface area (Å²) in [5, 5.41) is 0. The summed E-state index contributed by atoms with van der Waals surface area (Å²) in [6.07, 6.45) is 0. The molecule has 0 spiro atoms. The van der Waals surface area contributed by atoms with Gasteiger partial charge < -0.3 is 9.64 Å². The number of carbonyl (C=O) groups excluding carboxylic acids is 1. The van der Waals surface area contributed by atoms with Crippen LogP contribution in [0.15, 0.2) is 59.5 Å². The highest BCUT2D eigenvalue weighted by molar-refractivity contribution is 7.89. The third kappa shape index (κ3) is 4.31. The molecule has 2 aromatic rings. The minimum atomic E-state index is -3.68. The molecule has 2 aromatic carbocycles. The number of nitrogens with zero attached hydrogens (tertiary/aromatic N) is 2. The summed E-state index contributed by atoms with van der Waals surface area (Å²) in [5.74, 6) is -0.0425. The zero-order chi connectivity index (χ0) is 21.2. The fraction of sp³-hybridized carbons (Fsp3) is 0.409. The Balaban J connectivity index is 1.99. The van der Waals surface area contributed by atoms with Gasteiger partial charge >= 0.3 is 0 Å². The van der Waals surface area contributed by atoms with Crippen molar-refractivity contribution in [3.05, 3.63) is 60.2 Å². The SMILES string of the molecule is COc1cccc([C@H]2CN(S(=O)(=O)c3ccccc3)C[C@H]2C(=O)N(C)C(C)C)c1. The number of ether oxygens (including phenoxy) is 1. The van der Waals surface area contributed by atoms with E-state index in [-0.39, 0.29) is 35.9 Å². The topological polar surface area (TPSA) is 66.9 Å². The van der Waals surface area contributed by atoms with Crippen LogP contribution in [0.25, 0.3) is 0 Å². The second kappa shape index (κ2) is 8.55. The third-order valence-corrected chi connectivity index (χ3v) is 7.47. The average Bonchev–Trinajstić information content (AvgIpc) is 3.19. The lowest BCUT2D eigenvalue weighted by molar-refractivity contribution is -0.135. The first-order valence-corrected chi connectivity index (χ1v) is 11.2. The van der Waals surface area contributed by atoms with Gasteiger partial charge in [0.1, 0.15) is 5.75 Å². The normalized spacial score (nSPS) is 20.0. The highest BCUT2D eigenvalue weighted by atomic mass is 32.2. The number of carbonyl (C=O) groups is 1. The first-order chi connectivity index (χ1) is 13.8. The Morgan fingerprint density at radius 1 is 1.10 bits per heavy atom. The van der Waals surface area contributed by atoms with E-state index in [4.69, 9.17) is 4.74 Å². The Kier molecular flexibility index (Phi) is 6.29. The molecule has 2 atom stereocenters. The van der Waals surface area contributed by atoms with Crippen molar-refractivity contribution in [1.82, 2.24) is 9.21 Å². The Morgan fingerprint density at radius 2 is 1.79 bits per heavy atom. The minimum absolute atomic E-state index is 0.0354. The fourth-order valence-electron chi connectivity index (χ4n) is 3.68. The zero-order valence-electron chi connectivity index (χ0n) is 17.3. The number of hydrogen-bond acceptors (Lipinski definition) is 4. The Hall–Kier alpha value is -2.38. The van der Waals surface area contributed by atoms with Crippen LogP contribution >= 0.6 is 0 Å². The molecule has 1 aliphatic heterocycles. The number of hydrogen-bond donors (Lipinski definition) is 0.